The van der Waals surface area contributed by atoms with Crippen LogP contribution in [-0.4, -0.2) is 75.4 Å². The number of benzene rings is 3. The number of ether oxygens (including phenoxy) is 1. The number of piperazine rings is 1. The molecule has 15 heteroatoms. The summed E-state index contributed by atoms with van der Waals surface area (Å²) in [7, 11) is -4.11. The zero-order chi connectivity index (χ0) is 34.8. The highest BCUT2D eigenvalue weighted by Crippen LogP contribution is 2.46. The number of nitrogens with one attached hydrogen (secondary N) is 3. The smallest absolute Gasteiger partial charge is 0.262 e. The first-order chi connectivity index (χ1) is 22.7. The van der Waals surface area contributed by atoms with Gasteiger partial charge in [0.1, 0.15) is 10.6 Å². The lowest BCUT2D eigenvalue weighted by atomic mass is 9.95. The minimum Gasteiger partial charge on any atom is -0.493 e. The molecule has 1 unspecified atom stereocenters. The van der Waals surface area contributed by atoms with Crippen LogP contribution in [0.2, 0.25) is 15.1 Å². The number of carbonyl (C=O) groups excluding carboxylic acids is 2. The van der Waals surface area contributed by atoms with E-state index in [1.165, 1.54) is 12.1 Å². The van der Waals surface area contributed by atoms with Crippen molar-refractivity contribution in [1.29, 1.82) is 0 Å². The van der Waals surface area contributed by atoms with E-state index in [1.807, 2.05) is 29.2 Å². The van der Waals surface area contributed by atoms with Crippen molar-refractivity contribution in [2.24, 2.45) is 5.73 Å². The summed E-state index contributed by atoms with van der Waals surface area (Å²) in [6.07, 6.45) is 0. The van der Waals surface area contributed by atoms with Gasteiger partial charge in [0.05, 0.1) is 30.3 Å². The molecule has 2 aliphatic rings. The molecule has 0 bridgehead atoms. The molecule has 0 aliphatic carbocycles. The van der Waals surface area contributed by atoms with Gasteiger partial charge in [0.2, 0.25) is 15.9 Å². The van der Waals surface area contributed by atoms with E-state index >= 15 is 4.79 Å². The Morgan fingerprint density at radius 1 is 0.938 bits per heavy atom. The van der Waals surface area contributed by atoms with Crippen molar-refractivity contribution in [3.8, 4) is 5.75 Å². The third-order valence-electron chi connectivity index (χ3n) is 8.31. The van der Waals surface area contributed by atoms with Gasteiger partial charge in [0.25, 0.3) is 5.91 Å². The lowest BCUT2D eigenvalue weighted by molar-refractivity contribution is -0.141. The largest absolute Gasteiger partial charge is 0.493 e. The second-order valence-electron chi connectivity index (χ2n) is 12.1. The van der Waals surface area contributed by atoms with Crippen LogP contribution in [0, 0.1) is 0 Å². The zero-order valence-electron chi connectivity index (χ0n) is 26.8. The SMILES string of the molecule is CCOc1cc(Cl)c(S(=O)(=O)NC(C)C)cc1C1(C(=O)N2CCN(CC(N)=O)CC2)N[C@H](c2ccc(Cl)cc2)[C@H](c2ccc(Cl)cc2)N1. The number of nitrogens with zero attached hydrogens (tertiary/aromatic N) is 2. The van der Waals surface area contributed by atoms with Crippen molar-refractivity contribution in [3.63, 3.8) is 0 Å². The first kappa shape index (κ1) is 36.3. The number of primary amides is 1. The molecule has 11 nitrogen and oxygen atoms in total. The zero-order valence-corrected chi connectivity index (χ0v) is 29.9. The summed E-state index contributed by atoms with van der Waals surface area (Å²) in [6.45, 7) is 6.93. The van der Waals surface area contributed by atoms with Crippen LogP contribution >= 0.6 is 34.8 Å². The van der Waals surface area contributed by atoms with E-state index in [9.17, 15) is 13.2 Å². The number of halogens is 3. The standard InChI is InChI=1S/C33H39Cl3N6O5S/c1-4-47-27-18-26(36)28(48(45,46)40-20(2)3)17-25(27)33(32(44)42-15-13-41(14-16-42)19-29(37)43)38-30(21-5-9-23(34)10-6-21)31(39-33)22-7-11-24(35)12-8-22/h5-12,17-18,20,30-31,38-40H,4,13-16,19H2,1-3H3,(H2,37,43)/t30-,31+,33?. The van der Waals surface area contributed by atoms with Gasteiger partial charge in [-0.25, -0.2) is 13.1 Å². The second-order valence-corrected chi connectivity index (χ2v) is 15.1. The Bertz CT molecular complexity index is 1700. The Balaban J connectivity index is 1.72. The van der Waals surface area contributed by atoms with Gasteiger partial charge in [-0.2, -0.15) is 0 Å². The predicted molar refractivity (Wildman–Crippen MR) is 187 cm³/mol. The maximum absolute atomic E-state index is 15.1. The summed E-state index contributed by atoms with van der Waals surface area (Å²) < 4.78 is 35.9. The van der Waals surface area contributed by atoms with Gasteiger partial charge < -0.3 is 15.4 Å². The molecule has 2 fully saturated rings. The van der Waals surface area contributed by atoms with E-state index < -0.39 is 39.7 Å². The molecule has 0 aromatic heterocycles. The number of amides is 2. The second kappa shape index (κ2) is 14.9. The summed E-state index contributed by atoms with van der Waals surface area (Å²) in [6, 6.07) is 16.0. The molecular weight excluding hydrogens is 699 g/mol. The van der Waals surface area contributed by atoms with Gasteiger partial charge in [-0.05, 0) is 62.2 Å². The van der Waals surface area contributed by atoms with Crippen molar-refractivity contribution in [3.05, 3.63) is 92.4 Å². The van der Waals surface area contributed by atoms with Crippen LogP contribution < -0.4 is 25.8 Å². The number of hydrogen-bond donors (Lipinski definition) is 4. The average molecular weight is 738 g/mol. The molecule has 0 radical (unpaired) electrons. The van der Waals surface area contributed by atoms with Crippen LogP contribution in [0.1, 0.15) is 49.5 Å². The fraction of sp³-hybridized carbons (Fsp3) is 0.394. The minimum absolute atomic E-state index is 0.0560. The molecule has 2 aliphatic heterocycles. The first-order valence-corrected chi connectivity index (χ1v) is 18.2. The molecule has 3 aromatic carbocycles. The number of carbonyl (C=O) groups is 2. The highest BCUT2D eigenvalue weighted by atomic mass is 35.5. The number of hydrogen-bond acceptors (Lipinski definition) is 8. The van der Waals surface area contributed by atoms with E-state index in [0.717, 1.165) is 11.1 Å². The summed E-state index contributed by atoms with van der Waals surface area (Å²) in [5.41, 5.74) is 5.63. The highest BCUT2D eigenvalue weighted by molar-refractivity contribution is 7.89. The molecule has 0 saturated carbocycles. The minimum atomic E-state index is -4.11. The summed E-state index contributed by atoms with van der Waals surface area (Å²) in [5, 5.41) is 8.23. The van der Waals surface area contributed by atoms with E-state index in [4.69, 9.17) is 45.3 Å². The Morgan fingerprint density at radius 2 is 1.46 bits per heavy atom. The maximum atomic E-state index is 15.1. The van der Waals surface area contributed by atoms with Gasteiger partial charge in [-0.1, -0.05) is 59.1 Å². The van der Waals surface area contributed by atoms with Crippen LogP contribution in [0.25, 0.3) is 0 Å². The molecule has 3 aromatic rings. The number of nitrogens with two attached hydrogens (primary N) is 1. The van der Waals surface area contributed by atoms with Gasteiger partial charge in [0.15, 0.2) is 5.66 Å². The molecule has 2 amide bonds. The molecule has 258 valence electrons. The van der Waals surface area contributed by atoms with Crippen LogP contribution in [0.4, 0.5) is 0 Å². The Kier molecular flexibility index (Phi) is 11.3. The third-order valence-corrected chi connectivity index (χ3v) is 10.9. The summed E-state index contributed by atoms with van der Waals surface area (Å²) >= 11 is 19.2. The van der Waals surface area contributed by atoms with E-state index in [2.05, 4.69) is 15.4 Å². The molecule has 5 N–H and O–H groups in total. The van der Waals surface area contributed by atoms with Gasteiger partial charge in [0, 0.05) is 53.9 Å². The average Bonchev–Trinajstić information content (AvgIpc) is 3.42. The van der Waals surface area contributed by atoms with Gasteiger partial charge in [-0.3, -0.25) is 25.1 Å². The Morgan fingerprint density at radius 3 is 1.92 bits per heavy atom. The third kappa shape index (κ3) is 7.76. The first-order valence-electron chi connectivity index (χ1n) is 15.6. The highest BCUT2D eigenvalue weighted by Gasteiger charge is 2.55. The topological polar surface area (TPSA) is 146 Å². The molecule has 0 spiro atoms. The monoisotopic (exact) mass is 736 g/mol. The van der Waals surface area contributed by atoms with Crippen LogP contribution in [0.3, 0.4) is 0 Å². The normalized spacial score (nSPS) is 21.9. The fourth-order valence-electron chi connectivity index (χ4n) is 6.21. The van der Waals surface area contributed by atoms with Crippen molar-refractivity contribution in [2.45, 2.75) is 49.5 Å². The number of rotatable bonds is 11. The van der Waals surface area contributed by atoms with E-state index in [0.29, 0.717) is 36.2 Å². The molecule has 2 heterocycles. The van der Waals surface area contributed by atoms with Crippen molar-refractivity contribution < 1.29 is 22.7 Å². The molecular formula is C33H39Cl3N6O5S. The van der Waals surface area contributed by atoms with Gasteiger partial charge in [-0.15, -0.1) is 0 Å². The van der Waals surface area contributed by atoms with Crippen LogP contribution in [0.15, 0.2) is 65.6 Å². The van der Waals surface area contributed by atoms with Crippen molar-refractivity contribution >= 4 is 56.6 Å². The van der Waals surface area contributed by atoms with Crippen LogP contribution in [0.5, 0.6) is 5.75 Å². The van der Waals surface area contributed by atoms with Crippen LogP contribution in [-0.2, 0) is 25.3 Å². The number of sulfonamides is 1. The molecule has 48 heavy (non-hydrogen) atoms. The molecule has 2 saturated heterocycles. The summed E-state index contributed by atoms with van der Waals surface area (Å²) in [5.74, 6) is -0.577. The van der Waals surface area contributed by atoms with E-state index in [1.54, 1.807) is 49.9 Å². The molecule has 5 rings (SSSR count). The lowest BCUT2D eigenvalue weighted by Crippen LogP contribution is -2.62. The quantitative estimate of drug-likeness (QED) is 0.229. The van der Waals surface area contributed by atoms with E-state index in [-0.39, 0.29) is 40.3 Å². The van der Waals surface area contributed by atoms with Gasteiger partial charge >= 0.3 is 0 Å². The lowest BCUT2D eigenvalue weighted by Gasteiger charge is -2.40. The van der Waals surface area contributed by atoms with Crippen molar-refractivity contribution in [2.75, 3.05) is 39.3 Å². The summed E-state index contributed by atoms with van der Waals surface area (Å²) in [4.78, 5) is 30.1. The Labute approximate surface area is 296 Å². The maximum Gasteiger partial charge on any atom is 0.262 e. The van der Waals surface area contributed by atoms with Crippen molar-refractivity contribution in [1.82, 2.24) is 25.2 Å². The fourth-order valence-corrected chi connectivity index (χ4v) is 8.26. The Hall–Kier alpha value is -2.94. The molecule has 3 atom stereocenters. The predicted octanol–water partition coefficient (Wildman–Crippen LogP) is 4.19.